The fourth-order valence-electron chi connectivity index (χ4n) is 2.45. The lowest BCUT2D eigenvalue weighted by atomic mass is 9.97. The van der Waals surface area contributed by atoms with E-state index in [9.17, 15) is 30.6 Å². The van der Waals surface area contributed by atoms with Gasteiger partial charge in [0.2, 0.25) is 0 Å². The molecule has 0 amide bonds. The lowest BCUT2D eigenvalue weighted by molar-refractivity contribution is -0.349. The van der Waals surface area contributed by atoms with Gasteiger partial charge in [0.25, 0.3) is 0 Å². The maximum Gasteiger partial charge on any atom is 0.187 e. The largest absolute Gasteiger partial charge is 0.388 e. The van der Waals surface area contributed by atoms with Crippen molar-refractivity contribution in [1.29, 1.82) is 0 Å². The summed E-state index contributed by atoms with van der Waals surface area (Å²) in [7, 11) is 0. The van der Waals surface area contributed by atoms with Crippen molar-refractivity contribution in [2.75, 3.05) is 0 Å². The number of hydrogen-bond acceptors (Lipinski definition) is 9. The molecule has 10 atom stereocenters. The monoisotopic (exact) mass is 310 g/mol. The first-order valence-electron chi connectivity index (χ1n) is 6.78. The summed E-state index contributed by atoms with van der Waals surface area (Å²) < 4.78 is 15.4. The Morgan fingerprint density at radius 3 is 1.86 bits per heavy atom. The predicted molar refractivity (Wildman–Crippen MR) is 65.8 cm³/mol. The van der Waals surface area contributed by atoms with Crippen LogP contribution in [-0.4, -0.2) is 92.1 Å². The minimum absolute atomic E-state index is 0.804. The summed E-state index contributed by atoms with van der Waals surface area (Å²) in [5.41, 5.74) is 0. The number of ether oxygens (including phenoxy) is 3. The number of aliphatic hydroxyl groups excluding tert-OH is 6. The molecule has 0 bridgehead atoms. The van der Waals surface area contributed by atoms with Crippen molar-refractivity contribution in [3.05, 3.63) is 0 Å². The van der Waals surface area contributed by atoms with E-state index in [1.807, 2.05) is 0 Å². The van der Waals surface area contributed by atoms with Gasteiger partial charge in [-0.15, -0.1) is 0 Å². The minimum atomic E-state index is -1.56. The smallest absolute Gasteiger partial charge is 0.187 e. The van der Waals surface area contributed by atoms with Crippen molar-refractivity contribution >= 4 is 0 Å². The van der Waals surface area contributed by atoms with Crippen LogP contribution < -0.4 is 0 Å². The van der Waals surface area contributed by atoms with Gasteiger partial charge in [0, 0.05) is 0 Å². The van der Waals surface area contributed by atoms with Crippen LogP contribution in [-0.2, 0) is 14.2 Å². The van der Waals surface area contributed by atoms with Gasteiger partial charge in [-0.05, 0) is 13.8 Å². The second-order valence-electron chi connectivity index (χ2n) is 5.50. The number of rotatable bonds is 2. The average molecular weight is 310 g/mol. The molecule has 9 nitrogen and oxygen atoms in total. The molecule has 2 saturated heterocycles. The van der Waals surface area contributed by atoms with Crippen LogP contribution in [0, 0.1) is 0 Å². The molecule has 2 aliphatic heterocycles. The Balaban J connectivity index is 2.08. The minimum Gasteiger partial charge on any atom is -0.388 e. The van der Waals surface area contributed by atoms with Crippen molar-refractivity contribution in [3.63, 3.8) is 0 Å². The molecule has 0 spiro atoms. The van der Waals surface area contributed by atoms with Gasteiger partial charge in [-0.25, -0.2) is 0 Å². The Morgan fingerprint density at radius 2 is 1.24 bits per heavy atom. The normalized spacial score (nSPS) is 55.4. The van der Waals surface area contributed by atoms with Crippen LogP contribution >= 0.6 is 0 Å². The standard InChI is InChI=1S/C12H22O9/c1-3-5(13)7(15)8(16)12(20-3)21-10-6(14)4(2)19-11(18)9(10)17/h3-18H,1-2H3/t3-,4-,5+,6-,7+,8-,9+,10+,11+,12+/m0/s1. The maximum atomic E-state index is 9.96. The molecule has 0 radical (unpaired) electrons. The Hall–Kier alpha value is -0.360. The van der Waals surface area contributed by atoms with Crippen LogP contribution in [0.4, 0.5) is 0 Å². The molecule has 124 valence electrons. The van der Waals surface area contributed by atoms with Crippen LogP contribution in [0.1, 0.15) is 13.8 Å². The van der Waals surface area contributed by atoms with Gasteiger partial charge >= 0.3 is 0 Å². The summed E-state index contributed by atoms with van der Waals surface area (Å²) in [6, 6.07) is 0. The zero-order chi connectivity index (χ0) is 15.9. The van der Waals surface area contributed by atoms with Crippen molar-refractivity contribution < 1.29 is 44.8 Å². The van der Waals surface area contributed by atoms with Crippen LogP contribution in [0.15, 0.2) is 0 Å². The summed E-state index contributed by atoms with van der Waals surface area (Å²) in [5, 5.41) is 58.4. The first-order valence-corrected chi connectivity index (χ1v) is 6.78. The zero-order valence-electron chi connectivity index (χ0n) is 11.7. The van der Waals surface area contributed by atoms with Gasteiger partial charge in [0.1, 0.15) is 36.6 Å². The summed E-state index contributed by atoms with van der Waals surface area (Å²) >= 11 is 0. The van der Waals surface area contributed by atoms with Crippen molar-refractivity contribution in [3.8, 4) is 0 Å². The van der Waals surface area contributed by atoms with Crippen molar-refractivity contribution in [1.82, 2.24) is 0 Å². The highest BCUT2D eigenvalue weighted by molar-refractivity contribution is 4.92. The van der Waals surface area contributed by atoms with Gasteiger partial charge in [-0.1, -0.05) is 0 Å². The van der Waals surface area contributed by atoms with Gasteiger partial charge in [0.05, 0.1) is 12.2 Å². The third-order valence-electron chi connectivity index (χ3n) is 3.90. The summed E-state index contributed by atoms with van der Waals surface area (Å²) in [6.07, 6.45) is -13.0. The topological polar surface area (TPSA) is 149 Å². The molecule has 0 aromatic rings. The van der Waals surface area contributed by atoms with Crippen LogP contribution in [0.25, 0.3) is 0 Å². The summed E-state index contributed by atoms with van der Waals surface area (Å²) in [4.78, 5) is 0. The quantitative estimate of drug-likeness (QED) is 0.308. The van der Waals surface area contributed by atoms with E-state index in [2.05, 4.69) is 0 Å². The second-order valence-corrected chi connectivity index (χ2v) is 5.50. The fraction of sp³-hybridized carbons (Fsp3) is 1.00. The molecule has 2 heterocycles. The average Bonchev–Trinajstić information content (AvgIpc) is 2.44. The number of hydrogen-bond donors (Lipinski definition) is 6. The van der Waals surface area contributed by atoms with Gasteiger partial charge in [0.15, 0.2) is 12.6 Å². The molecule has 6 N–H and O–H groups in total. The van der Waals surface area contributed by atoms with E-state index in [1.165, 1.54) is 13.8 Å². The third-order valence-corrected chi connectivity index (χ3v) is 3.90. The van der Waals surface area contributed by atoms with Gasteiger partial charge in [-0.2, -0.15) is 0 Å². The third kappa shape index (κ3) is 3.21. The molecular weight excluding hydrogens is 288 g/mol. The molecule has 0 saturated carbocycles. The summed E-state index contributed by atoms with van der Waals surface area (Å²) in [6.45, 7) is 2.96. The SMILES string of the molecule is C[C@@H]1O[C@@H](O)[C@H](O)[C@H](O[C@H]2O[C@@H](C)[C@@H](O)[C@@H](O)[C@@H]2O)[C@H]1O. The van der Waals surface area contributed by atoms with E-state index < -0.39 is 61.4 Å². The molecule has 0 unspecified atom stereocenters. The molecule has 2 aliphatic rings. The van der Waals surface area contributed by atoms with Crippen LogP contribution in [0.5, 0.6) is 0 Å². The first kappa shape index (κ1) is 17.0. The summed E-state index contributed by atoms with van der Waals surface area (Å²) in [5.74, 6) is 0. The van der Waals surface area contributed by atoms with E-state index >= 15 is 0 Å². The molecule has 21 heavy (non-hydrogen) atoms. The second kappa shape index (κ2) is 6.41. The van der Waals surface area contributed by atoms with Crippen molar-refractivity contribution in [2.24, 2.45) is 0 Å². The maximum absolute atomic E-state index is 9.96. The highest BCUT2D eigenvalue weighted by Gasteiger charge is 2.48. The van der Waals surface area contributed by atoms with Crippen LogP contribution in [0.3, 0.4) is 0 Å². The Kier molecular flexibility index (Phi) is 5.19. The van der Waals surface area contributed by atoms with E-state index in [0.29, 0.717) is 0 Å². The molecule has 2 rings (SSSR count). The van der Waals surface area contributed by atoms with E-state index in [4.69, 9.17) is 14.2 Å². The predicted octanol–water partition coefficient (Wildman–Crippen LogP) is -3.34. The van der Waals surface area contributed by atoms with E-state index in [1.54, 1.807) is 0 Å². The molecule has 0 aliphatic carbocycles. The molecule has 9 heteroatoms. The van der Waals surface area contributed by atoms with Crippen molar-refractivity contribution in [2.45, 2.75) is 75.3 Å². The van der Waals surface area contributed by atoms with E-state index in [-0.39, 0.29) is 0 Å². The molecular formula is C12H22O9. The zero-order valence-corrected chi connectivity index (χ0v) is 11.7. The van der Waals surface area contributed by atoms with Gasteiger partial charge in [-0.3, -0.25) is 0 Å². The first-order chi connectivity index (χ1) is 9.73. The highest BCUT2D eigenvalue weighted by atomic mass is 16.7. The van der Waals surface area contributed by atoms with Gasteiger partial charge < -0.3 is 44.8 Å². The lowest BCUT2D eigenvalue weighted by Crippen LogP contribution is -2.63. The molecule has 2 fully saturated rings. The Morgan fingerprint density at radius 1 is 0.667 bits per heavy atom. The highest BCUT2D eigenvalue weighted by Crippen LogP contribution is 2.28. The Bertz CT molecular complexity index is 340. The lowest BCUT2D eigenvalue weighted by Gasteiger charge is -2.44. The fourth-order valence-corrected chi connectivity index (χ4v) is 2.45. The number of aliphatic hydroxyl groups is 6. The van der Waals surface area contributed by atoms with E-state index in [0.717, 1.165) is 0 Å². The molecule has 0 aromatic carbocycles. The Labute approximate surface area is 121 Å². The van der Waals surface area contributed by atoms with Crippen LogP contribution in [0.2, 0.25) is 0 Å². The molecule has 0 aromatic heterocycles.